The first kappa shape index (κ1) is 15.7. The standard InChI is InChI=1S/C19H23N3O/c1-16(15-17-5-3-2-4-6-17)21-11-13-22(14-12-21)19(23)18-7-9-20-10-8-18/h2-10,16H,11-15H2,1H3. The van der Waals surface area contributed by atoms with Gasteiger partial charge in [-0.25, -0.2) is 0 Å². The van der Waals surface area contributed by atoms with E-state index in [1.54, 1.807) is 24.5 Å². The summed E-state index contributed by atoms with van der Waals surface area (Å²) in [5.41, 5.74) is 2.10. The Morgan fingerprint density at radius 3 is 2.35 bits per heavy atom. The van der Waals surface area contributed by atoms with Crippen LogP contribution in [0.25, 0.3) is 0 Å². The van der Waals surface area contributed by atoms with E-state index in [9.17, 15) is 4.79 Å². The maximum Gasteiger partial charge on any atom is 0.254 e. The molecule has 1 amide bonds. The third-order valence-electron chi connectivity index (χ3n) is 4.53. The molecule has 2 aromatic rings. The summed E-state index contributed by atoms with van der Waals surface area (Å²) in [5, 5.41) is 0. The lowest BCUT2D eigenvalue weighted by Crippen LogP contribution is -2.51. The molecule has 1 saturated heterocycles. The molecule has 0 aliphatic carbocycles. The molecule has 1 aromatic carbocycles. The molecule has 0 radical (unpaired) electrons. The van der Waals surface area contributed by atoms with E-state index in [-0.39, 0.29) is 5.91 Å². The summed E-state index contributed by atoms with van der Waals surface area (Å²) < 4.78 is 0. The molecular formula is C19H23N3O. The van der Waals surface area contributed by atoms with Crippen LogP contribution in [-0.2, 0) is 6.42 Å². The zero-order valence-electron chi connectivity index (χ0n) is 13.6. The van der Waals surface area contributed by atoms with Crippen molar-refractivity contribution in [2.75, 3.05) is 26.2 Å². The lowest BCUT2D eigenvalue weighted by molar-refractivity contribution is 0.0582. The largest absolute Gasteiger partial charge is 0.336 e. The fraction of sp³-hybridized carbons (Fsp3) is 0.368. The van der Waals surface area contributed by atoms with E-state index in [1.807, 2.05) is 4.90 Å². The van der Waals surface area contributed by atoms with Crippen LogP contribution in [0.15, 0.2) is 54.9 Å². The third kappa shape index (κ3) is 3.96. The van der Waals surface area contributed by atoms with Crippen molar-refractivity contribution in [3.05, 3.63) is 66.0 Å². The van der Waals surface area contributed by atoms with Crippen molar-refractivity contribution in [3.63, 3.8) is 0 Å². The van der Waals surface area contributed by atoms with Gasteiger partial charge in [-0.1, -0.05) is 30.3 Å². The first-order chi connectivity index (χ1) is 11.2. The van der Waals surface area contributed by atoms with Gasteiger partial charge in [-0.3, -0.25) is 14.7 Å². The molecule has 1 aliphatic rings. The average molecular weight is 309 g/mol. The summed E-state index contributed by atoms with van der Waals surface area (Å²) in [5.74, 6) is 0.114. The Labute approximate surface area is 137 Å². The second-order valence-corrected chi connectivity index (χ2v) is 6.10. The highest BCUT2D eigenvalue weighted by atomic mass is 16.2. The monoisotopic (exact) mass is 309 g/mol. The maximum absolute atomic E-state index is 12.4. The molecule has 0 saturated carbocycles. The second kappa shape index (κ2) is 7.38. The van der Waals surface area contributed by atoms with Crippen molar-refractivity contribution >= 4 is 5.91 Å². The minimum absolute atomic E-state index is 0.114. The van der Waals surface area contributed by atoms with Crippen LogP contribution in [0.1, 0.15) is 22.8 Å². The highest BCUT2D eigenvalue weighted by molar-refractivity contribution is 5.94. The predicted molar refractivity (Wildman–Crippen MR) is 91.3 cm³/mol. The van der Waals surface area contributed by atoms with E-state index in [2.05, 4.69) is 47.1 Å². The van der Waals surface area contributed by atoms with Gasteiger partial charge < -0.3 is 4.90 Å². The normalized spacial score (nSPS) is 17.0. The second-order valence-electron chi connectivity index (χ2n) is 6.10. The van der Waals surface area contributed by atoms with Crippen LogP contribution in [-0.4, -0.2) is 52.9 Å². The summed E-state index contributed by atoms with van der Waals surface area (Å²) in [6.45, 7) is 5.73. The van der Waals surface area contributed by atoms with E-state index in [0.717, 1.165) is 38.2 Å². The van der Waals surface area contributed by atoms with Gasteiger partial charge in [-0.05, 0) is 31.0 Å². The summed E-state index contributed by atoms with van der Waals surface area (Å²) >= 11 is 0. The molecule has 0 bridgehead atoms. The van der Waals surface area contributed by atoms with Crippen molar-refractivity contribution in [3.8, 4) is 0 Å². The SMILES string of the molecule is CC(Cc1ccccc1)N1CCN(C(=O)c2ccncc2)CC1. The molecule has 0 N–H and O–H groups in total. The van der Waals surface area contributed by atoms with Gasteiger partial charge in [0.05, 0.1) is 0 Å². The molecule has 4 heteroatoms. The van der Waals surface area contributed by atoms with Crippen LogP contribution in [0, 0.1) is 0 Å². The number of rotatable bonds is 4. The van der Waals surface area contributed by atoms with Gasteiger partial charge in [0.15, 0.2) is 0 Å². The quantitative estimate of drug-likeness (QED) is 0.870. The first-order valence-electron chi connectivity index (χ1n) is 8.21. The van der Waals surface area contributed by atoms with Crippen LogP contribution < -0.4 is 0 Å². The van der Waals surface area contributed by atoms with Gasteiger partial charge in [0, 0.05) is 50.2 Å². The molecule has 3 rings (SSSR count). The van der Waals surface area contributed by atoms with Crippen molar-refractivity contribution in [2.45, 2.75) is 19.4 Å². The number of hydrogen-bond acceptors (Lipinski definition) is 3. The average Bonchev–Trinajstić information content (AvgIpc) is 2.63. The van der Waals surface area contributed by atoms with Crippen molar-refractivity contribution in [1.82, 2.24) is 14.8 Å². The van der Waals surface area contributed by atoms with E-state index >= 15 is 0 Å². The van der Waals surface area contributed by atoms with Crippen molar-refractivity contribution in [1.29, 1.82) is 0 Å². The lowest BCUT2D eigenvalue weighted by atomic mass is 10.1. The van der Waals surface area contributed by atoms with E-state index in [0.29, 0.717) is 6.04 Å². The molecule has 1 unspecified atom stereocenters. The summed E-state index contributed by atoms with van der Waals surface area (Å²) in [7, 11) is 0. The van der Waals surface area contributed by atoms with E-state index < -0.39 is 0 Å². The molecule has 1 aliphatic heterocycles. The van der Waals surface area contributed by atoms with Crippen molar-refractivity contribution in [2.24, 2.45) is 0 Å². The molecule has 4 nitrogen and oxygen atoms in total. The number of carbonyl (C=O) groups is 1. The number of piperazine rings is 1. The van der Waals surface area contributed by atoms with Gasteiger partial charge in [-0.2, -0.15) is 0 Å². The lowest BCUT2D eigenvalue weighted by Gasteiger charge is -2.38. The van der Waals surface area contributed by atoms with Gasteiger partial charge in [0.2, 0.25) is 0 Å². The number of carbonyl (C=O) groups excluding carboxylic acids is 1. The third-order valence-corrected chi connectivity index (χ3v) is 4.53. The fourth-order valence-corrected chi connectivity index (χ4v) is 3.13. The van der Waals surface area contributed by atoms with Crippen LogP contribution in [0.4, 0.5) is 0 Å². The molecule has 23 heavy (non-hydrogen) atoms. The number of benzene rings is 1. The topological polar surface area (TPSA) is 36.4 Å². The van der Waals surface area contributed by atoms with Gasteiger partial charge in [0.1, 0.15) is 0 Å². The molecule has 1 fully saturated rings. The Bertz CT molecular complexity index is 622. The Kier molecular flexibility index (Phi) is 5.03. The highest BCUT2D eigenvalue weighted by Gasteiger charge is 2.24. The van der Waals surface area contributed by atoms with Crippen LogP contribution in [0.3, 0.4) is 0 Å². The van der Waals surface area contributed by atoms with Crippen molar-refractivity contribution < 1.29 is 4.79 Å². The molecule has 1 atom stereocenters. The van der Waals surface area contributed by atoms with Crippen LogP contribution in [0.5, 0.6) is 0 Å². The Morgan fingerprint density at radius 1 is 1.04 bits per heavy atom. The Balaban J connectivity index is 1.53. The van der Waals surface area contributed by atoms with Gasteiger partial charge >= 0.3 is 0 Å². The minimum atomic E-state index is 0.114. The van der Waals surface area contributed by atoms with Crippen LogP contribution in [0.2, 0.25) is 0 Å². The number of amides is 1. The summed E-state index contributed by atoms with van der Waals surface area (Å²) in [6, 6.07) is 14.7. The van der Waals surface area contributed by atoms with E-state index in [1.165, 1.54) is 5.56 Å². The summed E-state index contributed by atoms with van der Waals surface area (Å²) in [6.07, 6.45) is 4.40. The number of pyridine rings is 1. The number of hydrogen-bond donors (Lipinski definition) is 0. The maximum atomic E-state index is 12.4. The molecule has 1 aromatic heterocycles. The van der Waals surface area contributed by atoms with Gasteiger partial charge in [-0.15, -0.1) is 0 Å². The predicted octanol–water partition coefficient (Wildman–Crippen LogP) is 2.47. The Morgan fingerprint density at radius 2 is 1.70 bits per heavy atom. The molecule has 0 spiro atoms. The zero-order valence-corrected chi connectivity index (χ0v) is 13.6. The van der Waals surface area contributed by atoms with Gasteiger partial charge in [0.25, 0.3) is 5.91 Å². The first-order valence-corrected chi connectivity index (χ1v) is 8.21. The smallest absolute Gasteiger partial charge is 0.254 e. The summed E-state index contributed by atoms with van der Waals surface area (Å²) in [4.78, 5) is 20.8. The molecule has 2 heterocycles. The van der Waals surface area contributed by atoms with E-state index in [4.69, 9.17) is 0 Å². The number of nitrogens with zero attached hydrogens (tertiary/aromatic N) is 3. The molecule has 120 valence electrons. The minimum Gasteiger partial charge on any atom is -0.336 e. The number of aromatic nitrogens is 1. The fourth-order valence-electron chi connectivity index (χ4n) is 3.13. The van der Waals surface area contributed by atoms with Crippen LogP contribution >= 0.6 is 0 Å². The highest BCUT2D eigenvalue weighted by Crippen LogP contribution is 2.13. The molecular weight excluding hydrogens is 286 g/mol. The Hall–Kier alpha value is -2.20. The zero-order chi connectivity index (χ0) is 16.1.